The molecule has 4 nitrogen and oxygen atoms in total. The fourth-order valence-electron chi connectivity index (χ4n) is 1.32. The number of guanidine groups is 1. The Morgan fingerprint density at radius 2 is 2.35 bits per heavy atom. The SMILES string of the molecule is CCNC(=NCc1cccs1)NCCCOC. The number of hydrogen-bond acceptors (Lipinski definition) is 3. The monoisotopic (exact) mass is 255 g/mol. The van der Waals surface area contributed by atoms with E-state index in [0.29, 0.717) is 0 Å². The normalized spacial score (nSPS) is 11.5. The van der Waals surface area contributed by atoms with Gasteiger partial charge in [-0.1, -0.05) is 6.07 Å². The fraction of sp³-hybridized carbons (Fsp3) is 0.583. The lowest BCUT2D eigenvalue weighted by molar-refractivity contribution is 0.195. The summed E-state index contributed by atoms with van der Waals surface area (Å²) in [6, 6.07) is 4.15. The van der Waals surface area contributed by atoms with Gasteiger partial charge in [0.1, 0.15) is 0 Å². The van der Waals surface area contributed by atoms with Gasteiger partial charge < -0.3 is 15.4 Å². The standard InChI is InChI=1S/C12H21N3OS/c1-3-13-12(14-7-5-8-16-2)15-10-11-6-4-9-17-11/h4,6,9H,3,5,7-8,10H2,1-2H3,(H2,13,14,15). The van der Waals surface area contributed by atoms with Crippen LogP contribution in [0, 0.1) is 0 Å². The van der Waals surface area contributed by atoms with Gasteiger partial charge in [-0.15, -0.1) is 11.3 Å². The minimum absolute atomic E-state index is 0.733. The molecule has 1 aromatic rings. The lowest BCUT2D eigenvalue weighted by Gasteiger charge is -2.10. The first kappa shape index (κ1) is 14.0. The van der Waals surface area contributed by atoms with Gasteiger partial charge in [-0.2, -0.15) is 0 Å². The van der Waals surface area contributed by atoms with Gasteiger partial charge in [0, 0.05) is 31.7 Å². The van der Waals surface area contributed by atoms with Crippen LogP contribution in [0.1, 0.15) is 18.2 Å². The minimum atomic E-state index is 0.733. The predicted octanol–water partition coefficient (Wildman–Crippen LogP) is 1.84. The third-order valence-electron chi connectivity index (χ3n) is 2.14. The Morgan fingerprint density at radius 3 is 3.00 bits per heavy atom. The van der Waals surface area contributed by atoms with Gasteiger partial charge in [0.25, 0.3) is 0 Å². The van der Waals surface area contributed by atoms with Crippen molar-refractivity contribution in [3.05, 3.63) is 22.4 Å². The maximum Gasteiger partial charge on any atom is 0.191 e. The van der Waals surface area contributed by atoms with E-state index in [4.69, 9.17) is 4.74 Å². The summed E-state index contributed by atoms with van der Waals surface area (Å²) in [4.78, 5) is 5.79. The van der Waals surface area contributed by atoms with Crippen molar-refractivity contribution in [2.45, 2.75) is 19.9 Å². The molecule has 0 aromatic carbocycles. The molecule has 96 valence electrons. The summed E-state index contributed by atoms with van der Waals surface area (Å²) in [6.45, 7) is 5.33. The van der Waals surface area contributed by atoms with E-state index in [1.54, 1.807) is 18.4 Å². The van der Waals surface area contributed by atoms with Crippen molar-refractivity contribution >= 4 is 17.3 Å². The maximum absolute atomic E-state index is 5.00. The van der Waals surface area contributed by atoms with Crippen LogP contribution in [0.25, 0.3) is 0 Å². The Kier molecular flexibility index (Phi) is 7.42. The quantitative estimate of drug-likeness (QED) is 0.444. The topological polar surface area (TPSA) is 45.7 Å². The summed E-state index contributed by atoms with van der Waals surface area (Å²) in [5.74, 6) is 0.872. The van der Waals surface area contributed by atoms with Gasteiger partial charge in [0.2, 0.25) is 0 Å². The molecule has 17 heavy (non-hydrogen) atoms. The molecule has 0 amide bonds. The van der Waals surface area contributed by atoms with Crippen molar-refractivity contribution in [1.29, 1.82) is 0 Å². The van der Waals surface area contributed by atoms with Crippen molar-refractivity contribution in [2.24, 2.45) is 4.99 Å². The highest BCUT2D eigenvalue weighted by Gasteiger charge is 1.97. The summed E-state index contributed by atoms with van der Waals surface area (Å²) < 4.78 is 5.00. The van der Waals surface area contributed by atoms with E-state index in [1.165, 1.54) is 4.88 Å². The van der Waals surface area contributed by atoms with E-state index >= 15 is 0 Å². The molecule has 0 spiro atoms. The van der Waals surface area contributed by atoms with Crippen LogP contribution in [0.2, 0.25) is 0 Å². The second-order valence-corrected chi connectivity index (χ2v) is 4.58. The van der Waals surface area contributed by atoms with E-state index in [1.807, 2.05) is 0 Å². The number of ether oxygens (including phenoxy) is 1. The lowest BCUT2D eigenvalue weighted by Crippen LogP contribution is -2.38. The number of hydrogen-bond donors (Lipinski definition) is 2. The smallest absolute Gasteiger partial charge is 0.191 e. The van der Waals surface area contributed by atoms with Gasteiger partial charge in [-0.05, 0) is 24.8 Å². The average Bonchev–Trinajstić information content (AvgIpc) is 2.84. The van der Waals surface area contributed by atoms with Crippen molar-refractivity contribution in [3.8, 4) is 0 Å². The third-order valence-corrected chi connectivity index (χ3v) is 3.00. The van der Waals surface area contributed by atoms with E-state index in [0.717, 1.165) is 38.6 Å². The van der Waals surface area contributed by atoms with Crippen molar-refractivity contribution in [3.63, 3.8) is 0 Å². The van der Waals surface area contributed by atoms with Crippen LogP contribution in [0.4, 0.5) is 0 Å². The molecule has 0 aliphatic heterocycles. The molecular formula is C12H21N3OS. The number of methoxy groups -OCH3 is 1. The summed E-state index contributed by atoms with van der Waals surface area (Å²) in [6.07, 6.45) is 0.986. The van der Waals surface area contributed by atoms with Gasteiger partial charge in [-0.25, -0.2) is 4.99 Å². The fourth-order valence-corrected chi connectivity index (χ4v) is 1.95. The van der Waals surface area contributed by atoms with Crippen molar-refractivity contribution in [2.75, 3.05) is 26.8 Å². The summed E-state index contributed by atoms with van der Waals surface area (Å²) in [7, 11) is 1.72. The zero-order valence-electron chi connectivity index (χ0n) is 10.5. The maximum atomic E-state index is 5.00. The van der Waals surface area contributed by atoms with Crippen LogP contribution in [0.3, 0.4) is 0 Å². The van der Waals surface area contributed by atoms with Gasteiger partial charge >= 0.3 is 0 Å². The van der Waals surface area contributed by atoms with Gasteiger partial charge in [-0.3, -0.25) is 0 Å². The summed E-state index contributed by atoms with van der Waals surface area (Å²) in [5.41, 5.74) is 0. The van der Waals surface area contributed by atoms with E-state index in [-0.39, 0.29) is 0 Å². The molecule has 0 saturated carbocycles. The molecule has 2 N–H and O–H groups in total. The first-order valence-corrected chi connectivity index (χ1v) is 6.78. The summed E-state index contributed by atoms with van der Waals surface area (Å²) in [5, 5.41) is 8.58. The average molecular weight is 255 g/mol. The molecule has 0 radical (unpaired) electrons. The highest BCUT2D eigenvalue weighted by atomic mass is 32.1. The molecule has 5 heteroatoms. The van der Waals surface area contributed by atoms with Gasteiger partial charge in [0.15, 0.2) is 5.96 Å². The van der Waals surface area contributed by atoms with E-state index < -0.39 is 0 Å². The molecule has 0 bridgehead atoms. The molecule has 0 aliphatic carbocycles. The molecule has 0 atom stereocenters. The molecule has 0 saturated heterocycles. The van der Waals surface area contributed by atoms with E-state index in [9.17, 15) is 0 Å². The predicted molar refractivity (Wildman–Crippen MR) is 73.6 cm³/mol. The Hall–Kier alpha value is -1.07. The molecule has 1 rings (SSSR count). The Labute approximate surface area is 107 Å². The highest BCUT2D eigenvalue weighted by molar-refractivity contribution is 7.09. The number of nitrogens with one attached hydrogen (secondary N) is 2. The lowest BCUT2D eigenvalue weighted by atomic mass is 10.4. The van der Waals surface area contributed by atoms with Crippen molar-refractivity contribution < 1.29 is 4.74 Å². The zero-order chi connectivity index (χ0) is 12.3. The van der Waals surface area contributed by atoms with Crippen LogP contribution in [-0.2, 0) is 11.3 Å². The molecule has 0 aliphatic rings. The minimum Gasteiger partial charge on any atom is -0.385 e. The molecular weight excluding hydrogens is 234 g/mol. The number of aliphatic imine (C=N–C) groups is 1. The number of nitrogens with zero attached hydrogens (tertiary/aromatic N) is 1. The Balaban J connectivity index is 2.33. The second-order valence-electron chi connectivity index (χ2n) is 3.55. The van der Waals surface area contributed by atoms with Crippen LogP contribution < -0.4 is 10.6 Å². The number of thiophene rings is 1. The second kappa shape index (κ2) is 9.01. The first-order valence-electron chi connectivity index (χ1n) is 5.90. The largest absolute Gasteiger partial charge is 0.385 e. The molecule has 0 fully saturated rings. The number of rotatable bonds is 7. The highest BCUT2D eigenvalue weighted by Crippen LogP contribution is 2.09. The van der Waals surface area contributed by atoms with Crippen LogP contribution in [0.5, 0.6) is 0 Å². The van der Waals surface area contributed by atoms with E-state index in [2.05, 4.69) is 40.1 Å². The van der Waals surface area contributed by atoms with Crippen LogP contribution in [0.15, 0.2) is 22.5 Å². The Morgan fingerprint density at radius 1 is 1.47 bits per heavy atom. The molecule has 0 unspecified atom stereocenters. The Bertz CT molecular complexity index is 312. The molecule has 1 heterocycles. The third kappa shape index (κ3) is 6.28. The molecule has 1 aromatic heterocycles. The first-order chi connectivity index (χ1) is 8.36. The van der Waals surface area contributed by atoms with Crippen LogP contribution >= 0.6 is 11.3 Å². The van der Waals surface area contributed by atoms with Crippen LogP contribution in [-0.4, -0.2) is 32.8 Å². The van der Waals surface area contributed by atoms with Crippen molar-refractivity contribution in [1.82, 2.24) is 10.6 Å². The summed E-state index contributed by atoms with van der Waals surface area (Å²) >= 11 is 1.73. The zero-order valence-corrected chi connectivity index (χ0v) is 11.3. The van der Waals surface area contributed by atoms with Gasteiger partial charge in [0.05, 0.1) is 6.54 Å².